The molecule has 0 radical (unpaired) electrons. The molecule has 0 spiro atoms. The van der Waals surface area contributed by atoms with E-state index in [2.05, 4.69) is 41.5 Å². The Morgan fingerprint density at radius 3 is 2.21 bits per heavy atom. The van der Waals surface area contributed by atoms with Gasteiger partial charge in [-0.1, -0.05) is 47.1 Å². The number of rotatable bonds is 4. The number of esters is 2. The quantitative estimate of drug-likeness (QED) is 0.291. The normalized spacial score (nSPS) is 45.9. The summed E-state index contributed by atoms with van der Waals surface area (Å²) in [5, 5.41) is 8.91. The van der Waals surface area contributed by atoms with E-state index in [1.165, 1.54) is 12.7 Å². The Hall–Kier alpha value is -2.44. The first-order valence-corrected chi connectivity index (χ1v) is 15.8. The van der Waals surface area contributed by atoms with Gasteiger partial charge in [-0.2, -0.15) is 0 Å². The molecule has 0 heterocycles. The van der Waals surface area contributed by atoms with Crippen molar-refractivity contribution < 1.29 is 33.8 Å². The summed E-state index contributed by atoms with van der Waals surface area (Å²) in [4.78, 5) is 50.8. The molecule has 7 heteroatoms. The monoisotopic (exact) mass is 582 g/mol. The molecule has 0 amide bonds. The summed E-state index contributed by atoms with van der Waals surface area (Å²) in [6, 6.07) is 0. The fraction of sp³-hybridized carbons (Fsp3) is 0.771. The van der Waals surface area contributed by atoms with Gasteiger partial charge in [-0.3, -0.25) is 9.59 Å². The molecule has 0 saturated heterocycles. The van der Waals surface area contributed by atoms with E-state index in [0.29, 0.717) is 6.42 Å². The molecule has 0 aliphatic heterocycles. The van der Waals surface area contributed by atoms with E-state index in [-0.39, 0.29) is 62.7 Å². The Morgan fingerprint density at radius 2 is 1.57 bits per heavy atom. The minimum atomic E-state index is -1.18. The summed E-state index contributed by atoms with van der Waals surface area (Å²) < 4.78 is 11.1. The van der Waals surface area contributed by atoms with E-state index < -0.39 is 17.4 Å². The molecular weight excluding hydrogens is 532 g/mol. The number of carbonyl (C=O) groups is 4. The van der Waals surface area contributed by atoms with Crippen molar-refractivity contribution in [1.29, 1.82) is 0 Å². The minimum absolute atomic E-state index is 0.0719. The van der Waals surface area contributed by atoms with Crippen molar-refractivity contribution in [1.82, 2.24) is 0 Å². The van der Waals surface area contributed by atoms with E-state index in [0.717, 1.165) is 63.5 Å². The van der Waals surface area contributed by atoms with Crippen LogP contribution in [-0.4, -0.2) is 42.0 Å². The molecule has 5 aliphatic rings. The fourth-order valence-corrected chi connectivity index (χ4v) is 11.1. The van der Waals surface area contributed by atoms with Gasteiger partial charge in [0.25, 0.3) is 0 Å². The summed E-state index contributed by atoms with van der Waals surface area (Å²) in [7, 11) is 1.48. The maximum Gasteiger partial charge on any atom is 0.331 e. The van der Waals surface area contributed by atoms with E-state index in [9.17, 15) is 19.2 Å². The molecule has 232 valence electrons. The molecule has 0 aromatic heterocycles. The maximum atomic E-state index is 14.5. The molecule has 5 rings (SSSR count). The summed E-state index contributed by atoms with van der Waals surface area (Å²) in [6.45, 7) is 15.8. The smallest absolute Gasteiger partial charge is 0.331 e. The van der Waals surface area contributed by atoms with E-state index >= 15 is 0 Å². The molecule has 1 N–H and O–H groups in total. The van der Waals surface area contributed by atoms with Gasteiger partial charge in [0, 0.05) is 23.5 Å². The van der Waals surface area contributed by atoms with Crippen LogP contribution < -0.4 is 0 Å². The molecule has 0 bridgehead atoms. The highest BCUT2D eigenvalue weighted by Gasteiger charge is 2.70. The molecule has 9 atom stereocenters. The average molecular weight is 583 g/mol. The highest BCUT2D eigenvalue weighted by molar-refractivity contribution is 5.96. The first-order chi connectivity index (χ1) is 19.4. The van der Waals surface area contributed by atoms with Crippen molar-refractivity contribution in [3.8, 4) is 0 Å². The number of allylic oxidation sites excluding steroid dienone is 2. The van der Waals surface area contributed by atoms with Gasteiger partial charge >= 0.3 is 17.9 Å². The Morgan fingerprint density at radius 1 is 0.905 bits per heavy atom. The zero-order valence-electron chi connectivity index (χ0n) is 26.8. The lowest BCUT2D eigenvalue weighted by Gasteiger charge is -2.70. The number of carboxylic acid groups (broad SMARTS) is 1. The standard InChI is InChI=1S/C35H50O7/c1-30(2)24-11-14-35(7)28(33(24,5)13-12-25(30)42-27(39)10-9-26(37)38)23(36)19-21-22-20-32(4,29(40)41-8)16-15-31(22,3)17-18-34(21,35)6/h9-10,19,22,24-25,28H,11-18,20H2,1-8H3,(H,37,38)/b10-9-/t22-,24+,25+,28-,31-,32+,33+,34-,35-/m1/s1. The van der Waals surface area contributed by atoms with Gasteiger partial charge in [-0.15, -0.1) is 0 Å². The lowest BCUT2D eigenvalue weighted by atomic mass is 9.33. The summed E-state index contributed by atoms with van der Waals surface area (Å²) in [5.74, 6) is -1.53. The number of carboxylic acids is 1. The van der Waals surface area contributed by atoms with Crippen LogP contribution >= 0.6 is 0 Å². The van der Waals surface area contributed by atoms with E-state index in [1.807, 2.05) is 13.0 Å². The van der Waals surface area contributed by atoms with Crippen LogP contribution in [0.1, 0.15) is 106 Å². The molecule has 0 unspecified atom stereocenters. The molecule has 5 aliphatic carbocycles. The largest absolute Gasteiger partial charge is 0.478 e. The van der Waals surface area contributed by atoms with Crippen molar-refractivity contribution in [3.63, 3.8) is 0 Å². The van der Waals surface area contributed by atoms with Crippen LogP contribution in [0.5, 0.6) is 0 Å². The SMILES string of the molecule is COC(=O)[C@@]1(C)CC[C@]2(C)CC[C@]3(C)C(=CC(=O)[C@@H]4[C@@]5(C)CC[C@H](OC(=O)/C=C\C(=O)O)C(C)(C)[C@@H]5CC[C@]43C)[C@H]2C1. The van der Waals surface area contributed by atoms with Gasteiger partial charge in [0.2, 0.25) is 0 Å². The third kappa shape index (κ3) is 4.26. The number of methoxy groups -OCH3 is 1. The summed E-state index contributed by atoms with van der Waals surface area (Å²) in [6.07, 6.45) is 11.4. The van der Waals surface area contributed by atoms with Crippen LogP contribution in [0.3, 0.4) is 0 Å². The molecule has 7 nitrogen and oxygen atoms in total. The second kappa shape index (κ2) is 9.79. The molecule has 4 fully saturated rings. The van der Waals surface area contributed by atoms with Crippen LogP contribution in [-0.2, 0) is 28.7 Å². The molecule has 4 saturated carbocycles. The van der Waals surface area contributed by atoms with Gasteiger partial charge in [0.1, 0.15) is 6.10 Å². The second-order valence-electron chi connectivity index (χ2n) is 16.2. The van der Waals surface area contributed by atoms with Gasteiger partial charge in [0.05, 0.1) is 12.5 Å². The Labute approximate surface area is 250 Å². The predicted octanol–water partition coefficient (Wildman–Crippen LogP) is 6.69. The molecular formula is C35H50O7. The summed E-state index contributed by atoms with van der Waals surface area (Å²) >= 11 is 0. The van der Waals surface area contributed by atoms with Crippen LogP contribution in [0.2, 0.25) is 0 Å². The lowest BCUT2D eigenvalue weighted by molar-refractivity contribution is -0.209. The van der Waals surface area contributed by atoms with Gasteiger partial charge in [0.15, 0.2) is 5.78 Å². The highest BCUT2D eigenvalue weighted by Crippen LogP contribution is 2.75. The van der Waals surface area contributed by atoms with Crippen LogP contribution in [0.15, 0.2) is 23.8 Å². The van der Waals surface area contributed by atoms with Crippen LogP contribution in [0, 0.1) is 50.2 Å². The highest BCUT2D eigenvalue weighted by atomic mass is 16.5. The number of hydrogen-bond donors (Lipinski definition) is 1. The van der Waals surface area contributed by atoms with Gasteiger partial charge in [-0.25, -0.2) is 9.59 Å². The molecule has 42 heavy (non-hydrogen) atoms. The molecule has 0 aromatic carbocycles. The number of carbonyl (C=O) groups excluding carboxylic acids is 3. The van der Waals surface area contributed by atoms with E-state index in [1.54, 1.807) is 0 Å². The first kappa shape index (κ1) is 31.0. The zero-order valence-corrected chi connectivity index (χ0v) is 26.8. The zero-order chi connectivity index (χ0) is 31.1. The second-order valence-corrected chi connectivity index (χ2v) is 16.2. The average Bonchev–Trinajstić information content (AvgIpc) is 2.90. The Bertz CT molecular complexity index is 1260. The van der Waals surface area contributed by atoms with Crippen molar-refractivity contribution >= 4 is 23.7 Å². The minimum Gasteiger partial charge on any atom is -0.478 e. The van der Waals surface area contributed by atoms with Crippen molar-refractivity contribution in [3.05, 3.63) is 23.8 Å². The van der Waals surface area contributed by atoms with Crippen molar-refractivity contribution in [2.45, 2.75) is 112 Å². The first-order valence-electron chi connectivity index (χ1n) is 15.8. The van der Waals surface area contributed by atoms with E-state index in [4.69, 9.17) is 14.6 Å². The predicted molar refractivity (Wildman–Crippen MR) is 158 cm³/mol. The Balaban J connectivity index is 1.50. The van der Waals surface area contributed by atoms with Gasteiger partial charge < -0.3 is 14.6 Å². The van der Waals surface area contributed by atoms with Crippen molar-refractivity contribution in [2.75, 3.05) is 7.11 Å². The number of ketones is 1. The third-order valence-electron chi connectivity index (χ3n) is 13.8. The third-order valence-corrected chi connectivity index (χ3v) is 13.8. The maximum absolute atomic E-state index is 14.5. The fourth-order valence-electron chi connectivity index (χ4n) is 11.1. The van der Waals surface area contributed by atoms with Gasteiger partial charge in [-0.05, 0) is 104 Å². The number of fused-ring (bicyclic) bond motifs is 7. The summed E-state index contributed by atoms with van der Waals surface area (Å²) in [5.41, 5.74) is -0.194. The number of aliphatic carboxylic acids is 1. The topological polar surface area (TPSA) is 107 Å². The number of ether oxygens (including phenoxy) is 2. The van der Waals surface area contributed by atoms with Crippen molar-refractivity contribution in [2.24, 2.45) is 50.2 Å². The number of hydrogen-bond acceptors (Lipinski definition) is 6. The van der Waals surface area contributed by atoms with Crippen LogP contribution in [0.4, 0.5) is 0 Å². The van der Waals surface area contributed by atoms with Crippen LogP contribution in [0.25, 0.3) is 0 Å². The molecule has 0 aromatic rings. The Kier molecular flexibility index (Phi) is 7.22. The lowest BCUT2D eigenvalue weighted by Crippen LogP contribution is -2.66.